The van der Waals surface area contributed by atoms with Crippen molar-refractivity contribution in [3.05, 3.63) is 50.4 Å². The molecule has 0 unspecified atom stereocenters. The quantitative estimate of drug-likeness (QED) is 0.839. The zero-order valence-corrected chi connectivity index (χ0v) is 11.4. The smallest absolute Gasteiger partial charge is 0.275 e. The van der Waals surface area contributed by atoms with Crippen molar-refractivity contribution in [2.45, 2.75) is 5.75 Å². The Hall–Kier alpha value is -1.17. The number of halogens is 2. The van der Waals surface area contributed by atoms with Gasteiger partial charge in [-0.1, -0.05) is 29.3 Å². The lowest BCUT2D eigenvalue weighted by atomic mass is 10.3. The lowest BCUT2D eigenvalue weighted by Gasteiger charge is -2.09. The molecule has 0 amide bonds. The summed E-state index contributed by atoms with van der Waals surface area (Å²) in [5.41, 5.74) is 0.147. The molecule has 0 spiro atoms. The Bertz CT molecular complexity index is 658. The summed E-state index contributed by atoms with van der Waals surface area (Å²) in [4.78, 5) is 11.8. The lowest BCUT2D eigenvalue weighted by Crippen LogP contribution is -2.21. The Kier molecular flexibility index (Phi) is 3.85. The van der Waals surface area contributed by atoms with Crippen molar-refractivity contribution in [3.8, 4) is 11.4 Å². The highest BCUT2D eigenvalue weighted by Gasteiger charge is 2.12. The molecule has 0 fully saturated rings. The van der Waals surface area contributed by atoms with Crippen LogP contribution in [0.4, 0.5) is 0 Å². The number of aromatic hydroxyl groups is 1. The fourth-order valence-corrected chi connectivity index (χ4v) is 2.02. The van der Waals surface area contributed by atoms with Crippen LogP contribution < -0.4 is 5.56 Å². The molecule has 1 aromatic heterocycles. The molecule has 94 valence electrons. The number of thiol groups is 1. The number of benzene rings is 1. The third-order valence-electron chi connectivity index (χ3n) is 2.29. The van der Waals surface area contributed by atoms with E-state index in [0.29, 0.717) is 10.7 Å². The molecule has 0 aliphatic carbocycles. The molecule has 4 nitrogen and oxygen atoms in total. The molecular weight excluding hydrogens is 295 g/mol. The van der Waals surface area contributed by atoms with Crippen LogP contribution in [0.5, 0.6) is 5.75 Å². The van der Waals surface area contributed by atoms with Crippen LogP contribution in [0.25, 0.3) is 5.69 Å². The maximum atomic E-state index is 11.8. The fourth-order valence-electron chi connectivity index (χ4n) is 1.42. The normalized spacial score (nSPS) is 10.6. The molecule has 1 N–H and O–H groups in total. The topological polar surface area (TPSA) is 55.1 Å². The van der Waals surface area contributed by atoms with Gasteiger partial charge in [0, 0.05) is 11.8 Å². The Balaban J connectivity index is 2.71. The first-order valence-corrected chi connectivity index (χ1v) is 6.31. The van der Waals surface area contributed by atoms with Gasteiger partial charge in [-0.2, -0.15) is 22.4 Å². The first-order chi connectivity index (χ1) is 8.54. The van der Waals surface area contributed by atoms with Gasteiger partial charge in [0.15, 0.2) is 0 Å². The second-order valence-corrected chi connectivity index (χ2v) is 4.56. The van der Waals surface area contributed by atoms with Gasteiger partial charge in [0.05, 0.1) is 15.7 Å². The zero-order chi connectivity index (χ0) is 13.3. The van der Waals surface area contributed by atoms with Gasteiger partial charge < -0.3 is 5.11 Å². The summed E-state index contributed by atoms with van der Waals surface area (Å²) in [7, 11) is 0. The van der Waals surface area contributed by atoms with Gasteiger partial charge in [0.1, 0.15) is 11.4 Å². The summed E-state index contributed by atoms with van der Waals surface area (Å²) in [6.45, 7) is 0. The van der Waals surface area contributed by atoms with Crippen molar-refractivity contribution in [3.63, 3.8) is 0 Å². The Morgan fingerprint density at radius 2 is 2.11 bits per heavy atom. The molecule has 0 atom stereocenters. The number of aromatic nitrogens is 2. The largest absolute Gasteiger partial charge is 0.506 e. The van der Waals surface area contributed by atoms with E-state index in [4.69, 9.17) is 23.2 Å². The van der Waals surface area contributed by atoms with Crippen LogP contribution in [0.1, 0.15) is 5.69 Å². The minimum atomic E-state index is -0.498. The molecule has 1 aromatic carbocycles. The van der Waals surface area contributed by atoms with E-state index in [1.807, 2.05) is 0 Å². The van der Waals surface area contributed by atoms with Crippen molar-refractivity contribution in [1.29, 1.82) is 0 Å². The molecule has 0 radical (unpaired) electrons. The molecule has 7 heteroatoms. The second-order valence-electron chi connectivity index (χ2n) is 3.46. The predicted octanol–water partition coefficient (Wildman–Crippen LogP) is 2.67. The molecule has 0 saturated heterocycles. The highest BCUT2D eigenvalue weighted by molar-refractivity contribution is 7.79. The van der Waals surface area contributed by atoms with E-state index >= 15 is 0 Å². The molecular formula is C11H8Cl2N2O2S. The molecule has 0 bridgehead atoms. The van der Waals surface area contributed by atoms with Crippen LogP contribution in [0.15, 0.2) is 29.1 Å². The number of hydrogen-bond acceptors (Lipinski definition) is 4. The third kappa shape index (κ3) is 2.34. The number of rotatable bonds is 2. The van der Waals surface area contributed by atoms with Crippen molar-refractivity contribution in [2.75, 3.05) is 0 Å². The van der Waals surface area contributed by atoms with Crippen LogP contribution in [0, 0.1) is 0 Å². The van der Waals surface area contributed by atoms with E-state index in [0.717, 1.165) is 10.7 Å². The average molecular weight is 303 g/mol. The molecule has 1 heterocycles. The molecule has 2 rings (SSSR count). The van der Waals surface area contributed by atoms with Gasteiger partial charge in [0.25, 0.3) is 5.56 Å². The van der Waals surface area contributed by atoms with Gasteiger partial charge in [-0.05, 0) is 12.1 Å². The maximum absolute atomic E-state index is 11.8. The number of hydrogen-bond donors (Lipinski definition) is 2. The van der Waals surface area contributed by atoms with Crippen LogP contribution in [-0.4, -0.2) is 14.9 Å². The summed E-state index contributed by atoms with van der Waals surface area (Å²) in [5.74, 6) is 0.00834. The monoisotopic (exact) mass is 302 g/mol. The Morgan fingerprint density at radius 1 is 1.39 bits per heavy atom. The molecule has 2 aromatic rings. The first kappa shape index (κ1) is 13.3. The van der Waals surface area contributed by atoms with E-state index in [2.05, 4.69) is 17.7 Å². The van der Waals surface area contributed by atoms with Crippen molar-refractivity contribution in [2.24, 2.45) is 0 Å². The van der Waals surface area contributed by atoms with E-state index in [1.165, 1.54) is 0 Å². The van der Waals surface area contributed by atoms with E-state index in [1.54, 1.807) is 18.2 Å². The Labute approximate surface area is 118 Å². The summed E-state index contributed by atoms with van der Waals surface area (Å²) >= 11 is 15.9. The van der Waals surface area contributed by atoms with Crippen LogP contribution in [0.2, 0.25) is 10.0 Å². The number of nitrogens with zero attached hydrogens (tertiary/aromatic N) is 2. The summed E-state index contributed by atoms with van der Waals surface area (Å²) < 4.78 is 1.08. The van der Waals surface area contributed by atoms with Gasteiger partial charge in [-0.3, -0.25) is 4.79 Å². The summed E-state index contributed by atoms with van der Waals surface area (Å²) in [5, 5.41) is 14.0. The lowest BCUT2D eigenvalue weighted by molar-refractivity contribution is 0.460. The highest BCUT2D eigenvalue weighted by Crippen LogP contribution is 2.27. The van der Waals surface area contributed by atoms with Gasteiger partial charge in [-0.15, -0.1) is 0 Å². The van der Waals surface area contributed by atoms with E-state index in [-0.39, 0.29) is 22.2 Å². The van der Waals surface area contributed by atoms with Crippen LogP contribution >= 0.6 is 35.8 Å². The molecule has 18 heavy (non-hydrogen) atoms. The van der Waals surface area contributed by atoms with Crippen molar-refractivity contribution in [1.82, 2.24) is 9.78 Å². The van der Waals surface area contributed by atoms with Gasteiger partial charge in [0.2, 0.25) is 0 Å². The zero-order valence-electron chi connectivity index (χ0n) is 8.97. The molecule has 0 aliphatic rings. The highest BCUT2D eigenvalue weighted by atomic mass is 35.5. The summed E-state index contributed by atoms with van der Waals surface area (Å²) in [6.07, 6.45) is 0. The average Bonchev–Trinajstić information content (AvgIpc) is 2.34. The minimum absolute atomic E-state index is 0.190. The van der Waals surface area contributed by atoms with Crippen LogP contribution in [0.3, 0.4) is 0 Å². The van der Waals surface area contributed by atoms with Gasteiger partial charge >= 0.3 is 0 Å². The summed E-state index contributed by atoms with van der Waals surface area (Å²) in [6, 6.07) is 5.95. The predicted molar refractivity (Wildman–Crippen MR) is 74.2 cm³/mol. The fraction of sp³-hybridized carbons (Fsp3) is 0.0909. The van der Waals surface area contributed by atoms with Crippen molar-refractivity contribution < 1.29 is 5.11 Å². The molecule has 0 saturated carbocycles. The molecule has 0 aliphatic heterocycles. The van der Waals surface area contributed by atoms with E-state index in [9.17, 15) is 9.90 Å². The third-order valence-corrected chi connectivity index (χ3v) is 3.40. The van der Waals surface area contributed by atoms with E-state index < -0.39 is 5.56 Å². The SMILES string of the molecule is O=c1cc(O)c(CS)nn1-c1cccc(Cl)c1Cl. The second kappa shape index (κ2) is 5.22. The minimum Gasteiger partial charge on any atom is -0.506 e. The maximum Gasteiger partial charge on any atom is 0.275 e. The van der Waals surface area contributed by atoms with Crippen LogP contribution in [-0.2, 0) is 5.75 Å². The first-order valence-electron chi connectivity index (χ1n) is 4.92. The van der Waals surface area contributed by atoms with Crippen molar-refractivity contribution >= 4 is 35.8 Å². The Morgan fingerprint density at radius 3 is 2.78 bits per heavy atom. The van der Waals surface area contributed by atoms with Gasteiger partial charge in [-0.25, -0.2) is 0 Å². The standard InChI is InChI=1S/C11H8Cl2N2O2S/c12-6-2-1-3-8(11(6)13)15-10(17)4-9(16)7(5-18)14-15/h1-4,16,18H,5H2.